The Morgan fingerprint density at radius 3 is 1.44 bits per heavy atom. The molecule has 5 rings (SSSR count). The van der Waals surface area contributed by atoms with Gasteiger partial charge in [0, 0.05) is 16.3 Å². The number of amides is 2. The Kier molecular flexibility index (Phi) is 10.1. The maximum atomic E-state index is 13.9. The van der Waals surface area contributed by atoms with Crippen LogP contribution in [-0.4, -0.2) is 11.8 Å². The van der Waals surface area contributed by atoms with Gasteiger partial charge in [0.2, 0.25) is 0 Å². The summed E-state index contributed by atoms with van der Waals surface area (Å²) in [7, 11) is -2.58. The van der Waals surface area contributed by atoms with E-state index in [0.717, 1.165) is 15.9 Å². The summed E-state index contributed by atoms with van der Waals surface area (Å²) in [5, 5.41) is 9.61. The summed E-state index contributed by atoms with van der Waals surface area (Å²) in [4.78, 5) is 27.3. The molecule has 204 valence electrons. The minimum atomic E-state index is -2.58. The van der Waals surface area contributed by atoms with Crippen LogP contribution in [-0.2, 0) is 4.79 Å². The van der Waals surface area contributed by atoms with Crippen LogP contribution >= 0.6 is 18.9 Å². The van der Waals surface area contributed by atoms with Crippen molar-refractivity contribution in [3.05, 3.63) is 168 Å². The van der Waals surface area contributed by atoms with Gasteiger partial charge in [-0.3, -0.25) is 9.59 Å². The van der Waals surface area contributed by atoms with Crippen LogP contribution in [0.5, 0.6) is 0 Å². The van der Waals surface area contributed by atoms with E-state index in [9.17, 15) is 9.59 Å². The van der Waals surface area contributed by atoms with Crippen LogP contribution < -0.4 is 39.0 Å². The molecule has 0 heterocycles. The standard InChI is InChI=1S/C34H26ClN2O2P.ClH/c35-27-21-23-28(24-22-27)36-34(39)32(37-33(38)26-13-5-1-6-14-26)25-40(29-15-7-2-8-16-29,30-17-9-3-10-18-30)31-19-11-4-12-20-31;/h1-25H,(H-,36,37,38,39);1H/b32-25+;. The Bertz CT molecular complexity index is 1520. The van der Waals surface area contributed by atoms with E-state index >= 15 is 0 Å². The van der Waals surface area contributed by atoms with Gasteiger partial charge in [-0.05, 0) is 72.8 Å². The molecule has 0 bridgehead atoms. The highest BCUT2D eigenvalue weighted by molar-refractivity contribution is 7.98. The minimum Gasteiger partial charge on any atom is -1.00 e. The summed E-state index contributed by atoms with van der Waals surface area (Å²) in [6, 6.07) is 46.2. The van der Waals surface area contributed by atoms with Crippen molar-refractivity contribution in [2.24, 2.45) is 0 Å². The highest BCUT2D eigenvalue weighted by Gasteiger charge is 2.45. The molecule has 0 aromatic heterocycles. The van der Waals surface area contributed by atoms with Crippen LogP contribution in [0.2, 0.25) is 5.02 Å². The smallest absolute Gasteiger partial charge is 0.275 e. The number of anilines is 1. The molecule has 0 fully saturated rings. The van der Waals surface area contributed by atoms with Crippen molar-refractivity contribution in [1.82, 2.24) is 5.32 Å². The number of halogens is 2. The van der Waals surface area contributed by atoms with Gasteiger partial charge in [-0.1, -0.05) is 84.4 Å². The number of nitrogens with one attached hydrogen (secondary N) is 2. The summed E-state index contributed by atoms with van der Waals surface area (Å²) in [5.41, 5.74) is 1.18. The van der Waals surface area contributed by atoms with Crippen molar-refractivity contribution < 1.29 is 22.0 Å². The fraction of sp³-hybridized carbons (Fsp3) is 0. The van der Waals surface area contributed by atoms with Gasteiger partial charge in [0.25, 0.3) is 11.8 Å². The molecule has 4 nitrogen and oxygen atoms in total. The molecule has 0 aliphatic heterocycles. The molecule has 0 atom stereocenters. The maximum Gasteiger partial charge on any atom is 0.275 e. The van der Waals surface area contributed by atoms with Crippen LogP contribution in [0.15, 0.2) is 157 Å². The van der Waals surface area contributed by atoms with Crippen molar-refractivity contribution in [2.75, 3.05) is 5.32 Å². The number of benzene rings is 5. The maximum absolute atomic E-state index is 13.9. The van der Waals surface area contributed by atoms with Gasteiger partial charge in [0.15, 0.2) is 0 Å². The van der Waals surface area contributed by atoms with Crippen molar-refractivity contribution in [3.63, 3.8) is 0 Å². The molecule has 7 heteroatoms. The normalized spacial score (nSPS) is 11.2. The van der Waals surface area contributed by atoms with Gasteiger partial charge < -0.3 is 23.0 Å². The van der Waals surface area contributed by atoms with E-state index < -0.39 is 13.2 Å². The third-order valence-electron chi connectivity index (χ3n) is 6.44. The lowest BCUT2D eigenvalue weighted by Gasteiger charge is -2.25. The molecule has 2 N–H and O–H groups in total. The Morgan fingerprint density at radius 2 is 1.00 bits per heavy atom. The zero-order valence-corrected chi connectivity index (χ0v) is 24.4. The number of carbonyl (C=O) groups is 2. The van der Waals surface area contributed by atoms with Crippen molar-refractivity contribution in [1.29, 1.82) is 0 Å². The second-order valence-corrected chi connectivity index (χ2v) is 12.7. The summed E-state index contributed by atoms with van der Waals surface area (Å²) in [6.07, 6.45) is 0. The molecule has 5 aromatic rings. The fourth-order valence-corrected chi connectivity index (χ4v) is 8.48. The van der Waals surface area contributed by atoms with Crippen molar-refractivity contribution in [2.45, 2.75) is 0 Å². The second kappa shape index (κ2) is 13.9. The largest absolute Gasteiger partial charge is 1.00 e. The molecule has 2 amide bonds. The first-order valence-corrected chi connectivity index (χ1v) is 15.0. The van der Waals surface area contributed by atoms with Gasteiger partial charge in [-0.25, -0.2) is 0 Å². The van der Waals surface area contributed by atoms with Crippen molar-refractivity contribution >= 4 is 52.3 Å². The second-order valence-electron chi connectivity index (χ2n) is 9.05. The summed E-state index contributed by atoms with van der Waals surface area (Å²) in [6.45, 7) is 0. The number of hydrogen-bond donors (Lipinski definition) is 2. The molecule has 0 saturated heterocycles. The zero-order chi connectivity index (χ0) is 27.8. The van der Waals surface area contributed by atoms with Crippen LogP contribution in [0, 0.1) is 0 Å². The highest BCUT2D eigenvalue weighted by Crippen LogP contribution is 2.57. The van der Waals surface area contributed by atoms with Gasteiger partial charge in [0.1, 0.15) is 34.7 Å². The monoisotopic (exact) mass is 596 g/mol. The summed E-state index contributed by atoms with van der Waals surface area (Å²) >= 11 is 6.06. The average molecular weight is 597 g/mol. The minimum absolute atomic E-state index is 0. The van der Waals surface area contributed by atoms with E-state index in [1.165, 1.54) is 0 Å². The third kappa shape index (κ3) is 6.93. The van der Waals surface area contributed by atoms with Gasteiger partial charge in [-0.15, -0.1) is 0 Å². The van der Waals surface area contributed by atoms with Gasteiger partial charge >= 0.3 is 0 Å². The van der Waals surface area contributed by atoms with E-state index in [1.807, 2.05) is 66.5 Å². The van der Waals surface area contributed by atoms with Gasteiger partial charge in [0.05, 0.1) is 0 Å². The third-order valence-corrected chi connectivity index (χ3v) is 10.7. The number of carbonyl (C=O) groups excluding carboxylic acids is 2. The molecular formula is C34H27Cl2N2O2P. The van der Waals surface area contributed by atoms with Crippen LogP contribution in [0.1, 0.15) is 10.4 Å². The molecule has 41 heavy (non-hydrogen) atoms. The summed E-state index contributed by atoms with van der Waals surface area (Å²) < 4.78 is 0. The number of hydrogen-bond acceptors (Lipinski definition) is 2. The first-order chi connectivity index (χ1) is 19.6. The number of rotatable bonds is 8. The topological polar surface area (TPSA) is 58.2 Å². The Hall–Kier alpha value is -4.21. The van der Waals surface area contributed by atoms with E-state index in [1.54, 1.807) is 48.5 Å². The quantitative estimate of drug-likeness (QED) is 0.213. The SMILES string of the molecule is O=C(Nc1ccc(Cl)cc1)/C(=C\[P+](c1ccccc1)(c1ccccc1)c1ccccc1)NC(=O)c1ccccc1.[Cl-]. The van der Waals surface area contributed by atoms with E-state index in [2.05, 4.69) is 47.0 Å². The van der Waals surface area contributed by atoms with E-state index in [0.29, 0.717) is 16.3 Å². The Morgan fingerprint density at radius 1 is 0.585 bits per heavy atom. The van der Waals surface area contributed by atoms with E-state index in [4.69, 9.17) is 11.6 Å². The Balaban J connectivity index is 0.00000387. The molecule has 0 spiro atoms. The molecule has 0 unspecified atom stereocenters. The molecule has 0 aliphatic rings. The predicted octanol–water partition coefficient (Wildman–Crippen LogP) is 3.55. The van der Waals surface area contributed by atoms with Crippen LogP contribution in [0.3, 0.4) is 0 Å². The molecule has 0 aliphatic carbocycles. The fourth-order valence-electron chi connectivity index (χ4n) is 4.52. The van der Waals surface area contributed by atoms with Crippen LogP contribution in [0.25, 0.3) is 0 Å². The highest BCUT2D eigenvalue weighted by atomic mass is 35.5. The lowest BCUT2D eigenvalue weighted by Crippen LogP contribution is -3.00. The van der Waals surface area contributed by atoms with Crippen molar-refractivity contribution in [3.8, 4) is 0 Å². The lowest BCUT2D eigenvalue weighted by molar-refractivity contribution is -0.113. The Labute approximate surface area is 251 Å². The lowest BCUT2D eigenvalue weighted by atomic mass is 10.2. The molecular weight excluding hydrogens is 570 g/mol. The summed E-state index contributed by atoms with van der Waals surface area (Å²) in [5.74, 6) is 1.16. The van der Waals surface area contributed by atoms with Crippen LogP contribution in [0.4, 0.5) is 5.69 Å². The van der Waals surface area contributed by atoms with E-state index in [-0.39, 0.29) is 24.0 Å². The zero-order valence-electron chi connectivity index (χ0n) is 22.0. The first-order valence-electron chi connectivity index (χ1n) is 12.8. The molecule has 0 radical (unpaired) electrons. The first kappa shape index (κ1) is 29.8. The average Bonchev–Trinajstić information content (AvgIpc) is 3.02. The predicted molar refractivity (Wildman–Crippen MR) is 167 cm³/mol. The molecule has 5 aromatic carbocycles. The van der Waals surface area contributed by atoms with Gasteiger partial charge in [-0.2, -0.15) is 0 Å². The molecule has 0 saturated carbocycles.